The number of anilines is 2. The summed E-state index contributed by atoms with van der Waals surface area (Å²) in [6.07, 6.45) is 1.08. The number of carbonyl (C=O) groups is 1. The number of fused-ring (bicyclic) bond motifs is 1. The van der Waals surface area contributed by atoms with Crippen LogP contribution in [0, 0.1) is 0 Å². The molecule has 0 saturated carbocycles. The fourth-order valence-corrected chi connectivity index (χ4v) is 5.17. The normalized spacial score (nSPS) is 13.8. The van der Waals surface area contributed by atoms with Crippen molar-refractivity contribution in [3.63, 3.8) is 0 Å². The number of ether oxygens (including phenoxy) is 1. The van der Waals surface area contributed by atoms with Crippen LogP contribution in [-0.2, 0) is 20.0 Å². The van der Waals surface area contributed by atoms with Crippen molar-refractivity contribution >= 4 is 28.2 Å². The molecular weight excluding hydrogens is 500 g/mol. The number of likely N-dealkylation sites (N-methyl/N-ethyl adjacent to an activating group) is 1. The van der Waals surface area contributed by atoms with E-state index in [1.165, 1.54) is 0 Å². The third-order valence-electron chi connectivity index (χ3n) is 7.39. The van der Waals surface area contributed by atoms with E-state index in [0.717, 1.165) is 60.0 Å². The third-order valence-corrected chi connectivity index (χ3v) is 7.39. The minimum absolute atomic E-state index is 0.0811. The molecule has 0 unspecified atom stereocenters. The van der Waals surface area contributed by atoms with Crippen LogP contribution in [-0.4, -0.2) is 47.7 Å². The highest BCUT2D eigenvalue weighted by Gasteiger charge is 2.31. The van der Waals surface area contributed by atoms with E-state index in [1.54, 1.807) is 36.7 Å². The summed E-state index contributed by atoms with van der Waals surface area (Å²) in [5.41, 5.74) is 5.76. The van der Waals surface area contributed by atoms with E-state index in [2.05, 4.69) is 50.9 Å². The molecule has 1 aliphatic rings. The first-order valence-electron chi connectivity index (χ1n) is 13.1. The van der Waals surface area contributed by atoms with Gasteiger partial charge in [0.05, 0.1) is 23.3 Å². The Labute approximate surface area is 227 Å². The second kappa shape index (κ2) is 10.6. The van der Waals surface area contributed by atoms with Crippen molar-refractivity contribution in [1.29, 1.82) is 0 Å². The Morgan fingerprint density at radius 3 is 2.46 bits per heavy atom. The molecule has 204 valence electrons. The number of amides is 1. The lowest BCUT2D eigenvalue weighted by Crippen LogP contribution is -2.58. The van der Waals surface area contributed by atoms with E-state index in [0.29, 0.717) is 18.2 Å². The Balaban J connectivity index is 1.16. The number of pyridine rings is 1. The predicted octanol–water partition coefficient (Wildman–Crippen LogP) is 5.38. The summed E-state index contributed by atoms with van der Waals surface area (Å²) in [6, 6.07) is 17.2. The van der Waals surface area contributed by atoms with Gasteiger partial charge in [-0.3, -0.25) is 9.78 Å². The van der Waals surface area contributed by atoms with Gasteiger partial charge in [0.2, 0.25) is 0 Å². The Morgan fingerprint density at radius 2 is 1.82 bits per heavy atom. The van der Waals surface area contributed by atoms with E-state index >= 15 is 0 Å². The van der Waals surface area contributed by atoms with Gasteiger partial charge in [-0.15, -0.1) is 0 Å². The second-order valence-corrected chi connectivity index (χ2v) is 10.0. The third kappa shape index (κ3) is 5.53. The Bertz CT molecular complexity index is 1460. The van der Waals surface area contributed by atoms with Crippen LogP contribution in [0.25, 0.3) is 10.9 Å². The molecule has 1 fully saturated rings. The number of nitrogens with zero attached hydrogens (tertiary/aromatic N) is 4. The first-order valence-corrected chi connectivity index (χ1v) is 13.1. The van der Waals surface area contributed by atoms with Crippen molar-refractivity contribution in [2.24, 2.45) is 7.05 Å². The molecule has 0 aliphatic carbocycles. The molecule has 7 nitrogen and oxygen atoms in total. The molecule has 1 aliphatic heterocycles. The van der Waals surface area contributed by atoms with Gasteiger partial charge in [-0.25, -0.2) is 0 Å². The number of halogens is 2. The first-order chi connectivity index (χ1) is 18.6. The molecule has 39 heavy (non-hydrogen) atoms. The standard InChI is InChI=1S/C30H33F2N5O2/c1-5-26-28(25-14-15-33-17-27(25)36(26)4)29(38)34-16-20-6-8-21(9-7-20)35(3)23-18-37(19-23)22-10-12-24(13-11-22)39-30(2,31)32/h6-15,17,23H,5,16,18-19H2,1-4H3,(H,34,38). The van der Waals surface area contributed by atoms with E-state index < -0.39 is 6.11 Å². The summed E-state index contributed by atoms with van der Waals surface area (Å²) >= 11 is 0. The molecule has 1 N–H and O–H groups in total. The Kier molecular flexibility index (Phi) is 7.16. The lowest BCUT2D eigenvalue weighted by atomic mass is 10.0. The minimum Gasteiger partial charge on any atom is -0.433 e. The Morgan fingerprint density at radius 1 is 1.13 bits per heavy atom. The highest BCUT2D eigenvalue weighted by molar-refractivity contribution is 6.08. The lowest BCUT2D eigenvalue weighted by molar-refractivity contribution is -0.158. The van der Waals surface area contributed by atoms with Crippen molar-refractivity contribution in [3.05, 3.63) is 83.8 Å². The topological polar surface area (TPSA) is 62.6 Å². The summed E-state index contributed by atoms with van der Waals surface area (Å²) in [4.78, 5) is 21.8. The molecule has 0 radical (unpaired) electrons. The van der Waals surface area contributed by atoms with Crippen molar-refractivity contribution < 1.29 is 18.3 Å². The van der Waals surface area contributed by atoms with Crippen LogP contribution < -0.4 is 19.9 Å². The first kappa shape index (κ1) is 26.5. The smallest absolute Gasteiger partial charge is 0.394 e. The number of alkyl halides is 2. The highest BCUT2D eigenvalue weighted by atomic mass is 19.3. The molecule has 9 heteroatoms. The molecule has 1 amide bonds. The molecule has 4 aromatic rings. The zero-order valence-corrected chi connectivity index (χ0v) is 22.6. The van der Waals surface area contributed by atoms with E-state index in [1.807, 2.05) is 29.8 Å². The maximum absolute atomic E-state index is 13.2. The van der Waals surface area contributed by atoms with Crippen molar-refractivity contribution in [2.45, 2.75) is 39.0 Å². The molecule has 0 bridgehead atoms. The fourth-order valence-electron chi connectivity index (χ4n) is 5.17. The minimum atomic E-state index is -3.19. The van der Waals surface area contributed by atoms with E-state index in [-0.39, 0.29) is 11.7 Å². The number of nitrogens with one attached hydrogen (secondary N) is 1. The van der Waals surface area contributed by atoms with Gasteiger partial charge >= 0.3 is 6.11 Å². The van der Waals surface area contributed by atoms with Gasteiger partial charge in [0.1, 0.15) is 5.75 Å². The van der Waals surface area contributed by atoms with Crippen LogP contribution in [0.2, 0.25) is 0 Å². The number of rotatable bonds is 9. The van der Waals surface area contributed by atoms with Crippen LogP contribution in [0.5, 0.6) is 5.75 Å². The number of benzene rings is 2. The van der Waals surface area contributed by atoms with E-state index in [9.17, 15) is 13.6 Å². The molecule has 0 atom stereocenters. The monoisotopic (exact) mass is 533 g/mol. The molecule has 1 saturated heterocycles. The predicted molar refractivity (Wildman–Crippen MR) is 150 cm³/mol. The SMILES string of the molecule is CCc1c(C(=O)NCc2ccc(N(C)C3CN(c4ccc(OC(C)(F)F)cc4)C3)cc2)c2ccncc2n1C. The summed E-state index contributed by atoms with van der Waals surface area (Å²) in [6.45, 7) is 4.88. The van der Waals surface area contributed by atoms with Crippen LogP contribution in [0.3, 0.4) is 0 Å². The maximum atomic E-state index is 13.2. The number of aromatic nitrogens is 2. The van der Waals surface area contributed by atoms with Gasteiger partial charge < -0.3 is 24.4 Å². The van der Waals surface area contributed by atoms with Gasteiger partial charge in [-0.2, -0.15) is 8.78 Å². The molecule has 3 heterocycles. The Hall–Kier alpha value is -4.14. The molecule has 2 aromatic heterocycles. The van der Waals surface area contributed by atoms with Crippen LogP contribution in [0.4, 0.5) is 20.2 Å². The number of aryl methyl sites for hydroxylation is 1. The highest BCUT2D eigenvalue weighted by Crippen LogP contribution is 2.30. The van der Waals surface area contributed by atoms with Crippen LogP contribution >= 0.6 is 0 Å². The molecule has 5 rings (SSSR count). The quantitative estimate of drug-likeness (QED) is 0.313. The summed E-state index contributed by atoms with van der Waals surface area (Å²) in [5.74, 6) is 0.0688. The summed E-state index contributed by atoms with van der Waals surface area (Å²) in [7, 11) is 4.04. The van der Waals surface area contributed by atoms with Gasteiger partial charge in [0, 0.05) is 69.3 Å². The van der Waals surface area contributed by atoms with Gasteiger partial charge in [0.15, 0.2) is 0 Å². The lowest BCUT2D eigenvalue weighted by Gasteiger charge is -2.46. The van der Waals surface area contributed by atoms with Gasteiger partial charge in [0.25, 0.3) is 5.91 Å². The molecular formula is C30H33F2N5O2. The number of carbonyl (C=O) groups excluding carboxylic acids is 1. The number of hydrogen-bond acceptors (Lipinski definition) is 5. The second-order valence-electron chi connectivity index (χ2n) is 10.0. The van der Waals surface area contributed by atoms with E-state index in [4.69, 9.17) is 0 Å². The van der Waals surface area contributed by atoms with Gasteiger partial charge in [-0.05, 0) is 54.4 Å². The zero-order chi connectivity index (χ0) is 27.7. The average molecular weight is 534 g/mol. The summed E-state index contributed by atoms with van der Waals surface area (Å²) in [5, 5.41) is 4.00. The van der Waals surface area contributed by atoms with Crippen LogP contribution in [0.1, 0.15) is 35.5 Å². The van der Waals surface area contributed by atoms with Crippen molar-refractivity contribution in [1.82, 2.24) is 14.9 Å². The molecule has 2 aromatic carbocycles. The zero-order valence-electron chi connectivity index (χ0n) is 22.6. The van der Waals surface area contributed by atoms with Crippen molar-refractivity contribution in [2.75, 3.05) is 29.9 Å². The number of hydrogen-bond donors (Lipinski definition) is 1. The largest absolute Gasteiger partial charge is 0.433 e. The maximum Gasteiger partial charge on any atom is 0.394 e. The fraction of sp³-hybridized carbons (Fsp3) is 0.333. The van der Waals surface area contributed by atoms with Crippen molar-refractivity contribution in [3.8, 4) is 5.75 Å². The molecule has 0 spiro atoms. The average Bonchev–Trinajstić information content (AvgIpc) is 3.18. The van der Waals surface area contributed by atoms with Gasteiger partial charge in [-0.1, -0.05) is 19.1 Å². The van der Waals surface area contributed by atoms with Crippen LogP contribution in [0.15, 0.2) is 67.0 Å². The summed E-state index contributed by atoms with van der Waals surface area (Å²) < 4.78 is 32.7.